The SMILES string of the molecule is CC1(C)COCN1C(=O)n1cnc(-c2cccc(OCCN3CCOCC3)c2)c1. The minimum Gasteiger partial charge on any atom is -0.492 e. The highest BCUT2D eigenvalue weighted by Gasteiger charge is 2.37. The summed E-state index contributed by atoms with van der Waals surface area (Å²) in [5, 5.41) is 0. The molecule has 0 atom stereocenters. The number of hydrogen-bond acceptors (Lipinski definition) is 6. The number of aromatic nitrogens is 2. The fourth-order valence-electron chi connectivity index (χ4n) is 3.53. The predicted molar refractivity (Wildman–Crippen MR) is 108 cm³/mol. The molecule has 0 N–H and O–H groups in total. The van der Waals surface area contributed by atoms with Crippen LogP contribution in [0.3, 0.4) is 0 Å². The lowest BCUT2D eigenvalue weighted by molar-refractivity contribution is 0.0322. The normalized spacial score (nSPS) is 19.4. The van der Waals surface area contributed by atoms with Gasteiger partial charge < -0.3 is 14.2 Å². The van der Waals surface area contributed by atoms with Gasteiger partial charge in [-0.2, -0.15) is 0 Å². The molecule has 4 rings (SSSR count). The van der Waals surface area contributed by atoms with Gasteiger partial charge in [-0.15, -0.1) is 0 Å². The maximum atomic E-state index is 12.8. The number of ether oxygens (including phenoxy) is 3. The van der Waals surface area contributed by atoms with E-state index in [0.29, 0.717) is 19.9 Å². The first-order valence-corrected chi connectivity index (χ1v) is 10.00. The molecule has 1 amide bonds. The number of hydrogen-bond donors (Lipinski definition) is 0. The monoisotopic (exact) mass is 400 g/mol. The topological polar surface area (TPSA) is 69.1 Å². The highest BCUT2D eigenvalue weighted by Crippen LogP contribution is 2.25. The molecular weight excluding hydrogens is 372 g/mol. The van der Waals surface area contributed by atoms with E-state index in [0.717, 1.165) is 49.9 Å². The first-order chi connectivity index (χ1) is 14.0. The molecule has 29 heavy (non-hydrogen) atoms. The number of benzene rings is 1. The van der Waals surface area contributed by atoms with E-state index in [1.54, 1.807) is 17.4 Å². The zero-order valence-electron chi connectivity index (χ0n) is 17.0. The molecule has 0 radical (unpaired) electrons. The Morgan fingerprint density at radius 1 is 1.24 bits per heavy atom. The van der Waals surface area contributed by atoms with E-state index in [4.69, 9.17) is 14.2 Å². The van der Waals surface area contributed by atoms with Gasteiger partial charge >= 0.3 is 6.03 Å². The third kappa shape index (κ3) is 4.60. The predicted octanol–water partition coefficient (Wildman–Crippen LogP) is 2.30. The molecule has 8 nitrogen and oxygen atoms in total. The Hall–Kier alpha value is -2.42. The van der Waals surface area contributed by atoms with Crippen LogP contribution >= 0.6 is 0 Å². The van der Waals surface area contributed by atoms with Crippen LogP contribution in [0, 0.1) is 0 Å². The van der Waals surface area contributed by atoms with Crippen molar-refractivity contribution < 1.29 is 19.0 Å². The first kappa shape index (κ1) is 19.9. The summed E-state index contributed by atoms with van der Waals surface area (Å²) in [5.41, 5.74) is 1.32. The number of nitrogens with zero attached hydrogens (tertiary/aromatic N) is 4. The number of carbonyl (C=O) groups excluding carboxylic acids is 1. The largest absolute Gasteiger partial charge is 0.492 e. The van der Waals surface area contributed by atoms with Gasteiger partial charge in [-0.1, -0.05) is 12.1 Å². The molecule has 2 aliphatic rings. The maximum absolute atomic E-state index is 12.8. The van der Waals surface area contributed by atoms with Crippen LogP contribution in [0.15, 0.2) is 36.8 Å². The Balaban J connectivity index is 1.39. The first-order valence-electron chi connectivity index (χ1n) is 10.00. The van der Waals surface area contributed by atoms with E-state index < -0.39 is 0 Å². The van der Waals surface area contributed by atoms with Gasteiger partial charge in [0.1, 0.15) is 25.4 Å². The molecule has 3 heterocycles. The van der Waals surface area contributed by atoms with Gasteiger partial charge in [-0.3, -0.25) is 14.4 Å². The molecule has 0 saturated carbocycles. The molecule has 2 aliphatic heterocycles. The van der Waals surface area contributed by atoms with Crippen LogP contribution in [-0.2, 0) is 9.47 Å². The number of imidazole rings is 1. The average molecular weight is 400 g/mol. The quantitative estimate of drug-likeness (QED) is 0.767. The van der Waals surface area contributed by atoms with Gasteiger partial charge in [0.15, 0.2) is 0 Å². The van der Waals surface area contributed by atoms with E-state index in [-0.39, 0.29) is 11.6 Å². The third-order valence-electron chi connectivity index (χ3n) is 5.35. The second-order valence-electron chi connectivity index (χ2n) is 8.00. The molecule has 0 bridgehead atoms. The Morgan fingerprint density at radius 3 is 2.83 bits per heavy atom. The minimum absolute atomic E-state index is 0.135. The van der Waals surface area contributed by atoms with Crippen molar-refractivity contribution in [3.8, 4) is 17.0 Å². The molecule has 156 valence electrons. The van der Waals surface area contributed by atoms with Gasteiger partial charge in [0.05, 0.1) is 31.1 Å². The molecule has 8 heteroatoms. The van der Waals surface area contributed by atoms with Crippen molar-refractivity contribution in [3.05, 3.63) is 36.8 Å². The van der Waals surface area contributed by atoms with E-state index >= 15 is 0 Å². The number of morpholine rings is 1. The van der Waals surface area contributed by atoms with Crippen molar-refractivity contribution in [2.24, 2.45) is 0 Å². The van der Waals surface area contributed by atoms with Crippen molar-refractivity contribution in [1.82, 2.24) is 19.4 Å². The van der Waals surface area contributed by atoms with Gasteiger partial charge in [-0.05, 0) is 26.0 Å². The summed E-state index contributed by atoms with van der Waals surface area (Å²) in [6, 6.07) is 7.67. The van der Waals surface area contributed by atoms with Crippen LogP contribution in [0.2, 0.25) is 0 Å². The van der Waals surface area contributed by atoms with Crippen molar-refractivity contribution in [2.45, 2.75) is 19.4 Å². The summed E-state index contributed by atoms with van der Waals surface area (Å²) < 4.78 is 18.3. The smallest absolute Gasteiger partial charge is 0.331 e. The Kier molecular flexibility index (Phi) is 5.84. The Labute approximate surface area is 171 Å². The molecule has 2 aromatic rings. The van der Waals surface area contributed by atoms with Crippen LogP contribution in [0.4, 0.5) is 4.79 Å². The summed E-state index contributed by atoms with van der Waals surface area (Å²) in [4.78, 5) is 21.3. The maximum Gasteiger partial charge on any atom is 0.331 e. The van der Waals surface area contributed by atoms with Crippen LogP contribution < -0.4 is 4.74 Å². The highest BCUT2D eigenvalue weighted by molar-refractivity contribution is 5.79. The van der Waals surface area contributed by atoms with Crippen molar-refractivity contribution in [3.63, 3.8) is 0 Å². The van der Waals surface area contributed by atoms with Gasteiger partial charge in [0.2, 0.25) is 0 Å². The van der Waals surface area contributed by atoms with E-state index in [1.807, 2.05) is 38.1 Å². The van der Waals surface area contributed by atoms with E-state index in [2.05, 4.69) is 9.88 Å². The summed E-state index contributed by atoms with van der Waals surface area (Å²) in [6.45, 7) is 9.80. The molecule has 2 saturated heterocycles. The van der Waals surface area contributed by atoms with Crippen LogP contribution in [-0.4, -0.2) is 83.7 Å². The molecule has 0 unspecified atom stereocenters. The molecule has 1 aromatic heterocycles. The van der Waals surface area contributed by atoms with E-state index in [1.165, 1.54) is 4.57 Å². The molecule has 2 fully saturated rings. The fourth-order valence-corrected chi connectivity index (χ4v) is 3.53. The number of rotatable bonds is 5. The third-order valence-corrected chi connectivity index (χ3v) is 5.35. The zero-order chi connectivity index (χ0) is 20.3. The van der Waals surface area contributed by atoms with Crippen LogP contribution in [0.25, 0.3) is 11.3 Å². The molecule has 1 aromatic carbocycles. The van der Waals surface area contributed by atoms with Crippen molar-refractivity contribution in [1.29, 1.82) is 0 Å². The molecule has 0 aliphatic carbocycles. The second-order valence-corrected chi connectivity index (χ2v) is 8.00. The lowest BCUT2D eigenvalue weighted by Crippen LogP contribution is -2.45. The van der Waals surface area contributed by atoms with Crippen molar-refractivity contribution in [2.75, 3.05) is 52.8 Å². The second kappa shape index (κ2) is 8.52. The number of carbonyl (C=O) groups is 1. The van der Waals surface area contributed by atoms with Crippen LogP contribution in [0.5, 0.6) is 5.75 Å². The van der Waals surface area contributed by atoms with Gasteiger partial charge in [0.25, 0.3) is 0 Å². The summed E-state index contributed by atoms with van der Waals surface area (Å²) in [6.07, 6.45) is 3.31. The standard InChI is InChI=1S/C21H28N4O4/c1-21(2)14-28-16-25(21)20(26)24-13-19(22-15-24)17-4-3-5-18(12-17)29-11-8-23-6-9-27-10-7-23/h3-5,12-13,15H,6-11,14,16H2,1-2H3. The summed E-state index contributed by atoms with van der Waals surface area (Å²) in [5.74, 6) is 0.797. The van der Waals surface area contributed by atoms with Gasteiger partial charge in [-0.25, -0.2) is 9.78 Å². The summed E-state index contributed by atoms with van der Waals surface area (Å²) in [7, 11) is 0. The van der Waals surface area contributed by atoms with Crippen molar-refractivity contribution >= 4 is 6.03 Å². The number of amides is 1. The minimum atomic E-state index is -0.324. The van der Waals surface area contributed by atoms with Gasteiger partial charge in [0, 0.05) is 31.4 Å². The summed E-state index contributed by atoms with van der Waals surface area (Å²) >= 11 is 0. The highest BCUT2D eigenvalue weighted by atomic mass is 16.5. The lowest BCUT2D eigenvalue weighted by atomic mass is 10.1. The fraction of sp³-hybridized carbons (Fsp3) is 0.524. The van der Waals surface area contributed by atoms with E-state index in [9.17, 15) is 4.79 Å². The van der Waals surface area contributed by atoms with Crippen LogP contribution in [0.1, 0.15) is 13.8 Å². The molecule has 0 spiro atoms. The lowest BCUT2D eigenvalue weighted by Gasteiger charge is -2.28. The zero-order valence-corrected chi connectivity index (χ0v) is 17.0. The average Bonchev–Trinajstić information content (AvgIpc) is 3.35. The Morgan fingerprint density at radius 2 is 2.07 bits per heavy atom. The Bertz CT molecular complexity index is 845. The molecular formula is C21H28N4O4.